The molecule has 5 aliphatic carbocycles. The minimum Gasteiger partial charge on any atom is -0.294 e. The van der Waals surface area contributed by atoms with Crippen LogP contribution in [-0.4, -0.2) is 19.7 Å². The number of carbonyl (C=O) groups excluding carboxylic acids is 1. The fourth-order valence-corrected chi connectivity index (χ4v) is 7.73. The first-order valence-electron chi connectivity index (χ1n) is 7.71. The van der Waals surface area contributed by atoms with Gasteiger partial charge in [0, 0.05) is 12.5 Å². The van der Waals surface area contributed by atoms with E-state index in [1.807, 2.05) is 6.08 Å². The van der Waals surface area contributed by atoms with Crippen molar-refractivity contribution in [2.24, 2.45) is 41.5 Å². The number of rotatable bonds is 0. The van der Waals surface area contributed by atoms with Crippen LogP contribution >= 0.6 is 0 Å². The molecule has 2 aliphatic heterocycles. The van der Waals surface area contributed by atoms with Crippen LogP contribution in [0.4, 0.5) is 0 Å². The Morgan fingerprint density at radius 1 is 1.05 bits per heavy atom. The normalized spacial score (nSPS) is 58.2. The summed E-state index contributed by atoms with van der Waals surface area (Å²) in [6.45, 7) is 0. The number of hydrogen-bond acceptors (Lipinski definition) is 3. The van der Waals surface area contributed by atoms with Crippen molar-refractivity contribution in [3.05, 3.63) is 33.1 Å². The average Bonchev–Trinajstić information content (AvgIpc) is 3.25. The Morgan fingerprint density at radius 3 is 2.48 bits per heavy atom. The molecule has 6 nitrogen and oxygen atoms in total. The largest absolute Gasteiger partial charge is 0.347 e. The molecule has 0 unspecified atom stereocenters. The maximum atomic E-state index is 12.7. The summed E-state index contributed by atoms with van der Waals surface area (Å²) < 4.78 is 4.60. The van der Waals surface area contributed by atoms with Crippen molar-refractivity contribution in [1.82, 2.24) is 13.9 Å². The zero-order valence-electron chi connectivity index (χ0n) is 11.4. The van der Waals surface area contributed by atoms with Crippen LogP contribution in [0.25, 0.3) is 0 Å². The highest BCUT2D eigenvalue weighted by atomic mass is 16.2. The molecule has 4 saturated carbocycles. The van der Waals surface area contributed by atoms with Gasteiger partial charge in [-0.1, -0.05) is 6.08 Å². The van der Waals surface area contributed by atoms with E-state index in [2.05, 4.69) is 0 Å². The van der Waals surface area contributed by atoms with E-state index in [0.29, 0.717) is 23.7 Å². The maximum absolute atomic E-state index is 12.7. The molecule has 6 heteroatoms. The van der Waals surface area contributed by atoms with Gasteiger partial charge in [-0.25, -0.2) is 23.5 Å². The molecule has 8 rings (SSSR count). The van der Waals surface area contributed by atoms with Gasteiger partial charge in [0.15, 0.2) is 5.78 Å². The molecule has 1 aromatic rings. The average molecular weight is 283 g/mol. The summed E-state index contributed by atoms with van der Waals surface area (Å²) >= 11 is 0. The standard InChI is InChI=1S/C15H13N3O3/c1-16-12(20)17-10-7-6-8(7)11(18(17)13(16)21)15-5(19)3-2-4-14(10,15)9(6)15/h2-3,6-11H,4H2,1H3/t6-,7-,8-,9+,10+,11-,14+,15-/m0/s1. The molecule has 0 amide bonds. The van der Waals surface area contributed by atoms with Gasteiger partial charge in [0.1, 0.15) is 0 Å². The van der Waals surface area contributed by atoms with Gasteiger partial charge in [0.2, 0.25) is 0 Å². The SMILES string of the molecule is Cn1c(=O)n2n(c1=O)[C@@H]1[C@@H]3[C@@H]4[C@H]3[C@@H]3[C@]15CC=CC(=O)[C@@]35[C@H]42. The summed E-state index contributed by atoms with van der Waals surface area (Å²) in [5, 5.41) is 0. The van der Waals surface area contributed by atoms with Gasteiger partial charge in [-0.15, -0.1) is 0 Å². The molecule has 2 spiro atoms. The highest BCUT2D eigenvalue weighted by molar-refractivity contribution is 6.02. The van der Waals surface area contributed by atoms with Crippen LogP contribution in [0, 0.1) is 34.5 Å². The van der Waals surface area contributed by atoms with Crippen molar-refractivity contribution in [2.45, 2.75) is 18.5 Å². The number of aromatic nitrogens is 3. The van der Waals surface area contributed by atoms with E-state index in [4.69, 9.17) is 0 Å². The molecule has 7 aliphatic rings. The van der Waals surface area contributed by atoms with Crippen molar-refractivity contribution in [3.63, 3.8) is 0 Å². The van der Waals surface area contributed by atoms with Crippen LogP contribution in [0.15, 0.2) is 21.7 Å². The third-order valence-corrected chi connectivity index (χ3v) is 7.89. The molecule has 4 fully saturated rings. The zero-order chi connectivity index (χ0) is 14.0. The smallest absolute Gasteiger partial charge is 0.294 e. The molecule has 0 N–H and O–H groups in total. The highest BCUT2D eigenvalue weighted by Crippen LogP contribution is 3.03. The second-order valence-corrected chi connectivity index (χ2v) is 7.79. The number of ketones is 1. The second-order valence-electron chi connectivity index (χ2n) is 7.79. The van der Waals surface area contributed by atoms with Gasteiger partial charge in [0.25, 0.3) is 0 Å². The Morgan fingerprint density at radius 2 is 1.71 bits per heavy atom. The fourth-order valence-electron chi connectivity index (χ4n) is 7.73. The predicted molar refractivity (Wildman–Crippen MR) is 69.6 cm³/mol. The lowest BCUT2D eigenvalue weighted by molar-refractivity contribution is -0.129. The van der Waals surface area contributed by atoms with E-state index in [9.17, 15) is 14.4 Å². The van der Waals surface area contributed by atoms with Crippen molar-refractivity contribution < 1.29 is 4.79 Å². The van der Waals surface area contributed by atoms with Crippen molar-refractivity contribution in [3.8, 4) is 0 Å². The molecule has 8 atom stereocenters. The van der Waals surface area contributed by atoms with Gasteiger partial charge >= 0.3 is 11.4 Å². The minimum absolute atomic E-state index is 0.0365. The Kier molecular flexibility index (Phi) is 1.05. The Balaban J connectivity index is 1.70. The van der Waals surface area contributed by atoms with E-state index in [1.54, 1.807) is 22.5 Å². The van der Waals surface area contributed by atoms with Crippen LogP contribution < -0.4 is 11.4 Å². The quantitative estimate of drug-likeness (QED) is 0.642. The van der Waals surface area contributed by atoms with Crippen LogP contribution in [0.2, 0.25) is 0 Å². The molecule has 0 saturated heterocycles. The number of carbonyl (C=O) groups is 1. The minimum atomic E-state index is -0.339. The number of nitrogens with zero attached hydrogens (tertiary/aromatic N) is 3. The summed E-state index contributed by atoms with van der Waals surface area (Å²) in [6, 6.07) is 0.0270. The lowest BCUT2D eigenvalue weighted by atomic mass is 9.66. The van der Waals surface area contributed by atoms with Crippen LogP contribution in [0.5, 0.6) is 0 Å². The molecule has 3 heterocycles. The zero-order valence-corrected chi connectivity index (χ0v) is 11.4. The van der Waals surface area contributed by atoms with Crippen LogP contribution in [0.3, 0.4) is 0 Å². The third-order valence-electron chi connectivity index (χ3n) is 7.89. The Bertz CT molecular complexity index is 964. The second kappa shape index (κ2) is 2.21. The third kappa shape index (κ3) is 0.557. The van der Waals surface area contributed by atoms with Crippen LogP contribution in [0.1, 0.15) is 18.5 Å². The maximum Gasteiger partial charge on any atom is 0.347 e. The summed E-state index contributed by atoms with van der Waals surface area (Å²) in [6.07, 6.45) is 4.63. The molecule has 1 aromatic heterocycles. The van der Waals surface area contributed by atoms with Gasteiger partial charge in [-0.05, 0) is 36.2 Å². The van der Waals surface area contributed by atoms with Crippen LogP contribution in [-0.2, 0) is 11.8 Å². The molecular formula is C15H13N3O3. The van der Waals surface area contributed by atoms with E-state index in [-0.39, 0.29) is 40.1 Å². The highest BCUT2D eigenvalue weighted by Gasteiger charge is 3.04. The summed E-state index contributed by atoms with van der Waals surface area (Å²) in [7, 11) is 1.55. The van der Waals surface area contributed by atoms with Gasteiger partial charge in [0.05, 0.1) is 17.5 Å². The van der Waals surface area contributed by atoms with Gasteiger partial charge in [-0.2, -0.15) is 0 Å². The van der Waals surface area contributed by atoms with Gasteiger partial charge < -0.3 is 0 Å². The summed E-state index contributed by atoms with van der Waals surface area (Å²) in [5.74, 6) is 2.24. The Labute approximate surface area is 118 Å². The van der Waals surface area contributed by atoms with E-state index in [1.165, 1.54) is 4.57 Å². The van der Waals surface area contributed by atoms with E-state index < -0.39 is 0 Å². The predicted octanol–water partition coefficient (Wildman–Crippen LogP) is -0.535. The van der Waals surface area contributed by atoms with Crippen molar-refractivity contribution in [2.75, 3.05) is 0 Å². The molecule has 0 aromatic carbocycles. The molecule has 2 bridgehead atoms. The van der Waals surface area contributed by atoms with E-state index >= 15 is 0 Å². The summed E-state index contributed by atoms with van der Waals surface area (Å²) in [5.41, 5.74) is -0.812. The monoisotopic (exact) mass is 283 g/mol. The first-order chi connectivity index (χ1) is 10.1. The fraction of sp³-hybridized carbons (Fsp3) is 0.667. The van der Waals surface area contributed by atoms with E-state index in [0.717, 1.165) is 6.42 Å². The number of allylic oxidation sites excluding steroid dienone is 2. The van der Waals surface area contributed by atoms with Gasteiger partial charge in [-0.3, -0.25) is 4.79 Å². The van der Waals surface area contributed by atoms with Crippen molar-refractivity contribution >= 4 is 5.78 Å². The molecule has 21 heavy (non-hydrogen) atoms. The Hall–Kier alpha value is -1.85. The first-order valence-corrected chi connectivity index (χ1v) is 7.71. The molecule has 106 valence electrons. The van der Waals surface area contributed by atoms with Crippen molar-refractivity contribution in [1.29, 1.82) is 0 Å². The lowest BCUT2D eigenvalue weighted by Gasteiger charge is -2.48. The topological polar surface area (TPSA) is 66.0 Å². The lowest BCUT2D eigenvalue weighted by Crippen LogP contribution is -2.55. The summed E-state index contributed by atoms with van der Waals surface area (Å²) in [4.78, 5) is 37.8. The first kappa shape index (κ1) is 9.97. The number of hydrogen-bond donors (Lipinski definition) is 0. The molecule has 0 radical (unpaired) electrons. The molecular weight excluding hydrogens is 270 g/mol.